The van der Waals surface area contributed by atoms with E-state index >= 15 is 0 Å². The molecule has 0 saturated heterocycles. The fourth-order valence-corrected chi connectivity index (χ4v) is 13.0. The Bertz CT molecular complexity index is 3440. The third-order valence-corrected chi connectivity index (χ3v) is 15.4. The zero-order valence-corrected chi connectivity index (χ0v) is 35.4. The molecule has 2 unspecified atom stereocenters. The topological polar surface area (TPSA) is 52.5 Å². The second-order valence-electron chi connectivity index (χ2n) is 16.9. The van der Waals surface area contributed by atoms with Crippen molar-refractivity contribution in [2.24, 2.45) is 0 Å². The maximum atomic E-state index is 11.7. The molecule has 2 atom stereocenters. The first-order chi connectivity index (χ1) is 28.8. The van der Waals surface area contributed by atoms with Gasteiger partial charge in [-0.15, -0.1) is 22.7 Å². The van der Waals surface area contributed by atoms with Gasteiger partial charge in [0.15, 0.2) is 0 Å². The number of fused-ring (bicyclic) bond motifs is 14. The summed E-state index contributed by atoms with van der Waals surface area (Å²) in [5.74, 6) is -0.104. The van der Waals surface area contributed by atoms with Crippen molar-refractivity contribution in [2.75, 3.05) is 0 Å². The summed E-state index contributed by atoms with van der Waals surface area (Å²) in [5, 5.41) is 30.8. The molecule has 3 aromatic heterocycles. The van der Waals surface area contributed by atoms with Crippen molar-refractivity contribution < 1.29 is 0 Å². The Hall–Kier alpha value is -6.24. The van der Waals surface area contributed by atoms with Gasteiger partial charge in [-0.1, -0.05) is 126 Å². The Kier molecular flexibility index (Phi) is 8.15. The lowest BCUT2D eigenvalue weighted by Gasteiger charge is -2.32. The van der Waals surface area contributed by atoms with Gasteiger partial charge in [-0.25, -0.2) is 0 Å². The summed E-state index contributed by atoms with van der Waals surface area (Å²) in [4.78, 5) is 0. The van der Waals surface area contributed by atoms with E-state index < -0.39 is 0 Å². The number of rotatable bonds is 4. The van der Waals surface area contributed by atoms with Gasteiger partial charge in [0.2, 0.25) is 0 Å². The molecule has 11 rings (SSSR count). The molecular weight excluding hydrogens is 755 g/mol. The number of nitrogens with zero attached hydrogens (tertiary/aromatic N) is 3. The normalized spacial score (nSPS) is 15.4. The van der Waals surface area contributed by atoms with E-state index in [-0.39, 0.29) is 23.7 Å². The largest absolute Gasteiger partial charge is 0.308 e. The highest BCUT2D eigenvalue weighted by Gasteiger charge is 2.38. The van der Waals surface area contributed by atoms with Crippen molar-refractivity contribution >= 4 is 84.8 Å². The maximum Gasteiger partial charge on any atom is 0.0998 e. The van der Waals surface area contributed by atoms with Gasteiger partial charge in [-0.05, 0) is 99.4 Å². The molecule has 59 heavy (non-hydrogen) atoms. The van der Waals surface area contributed by atoms with E-state index in [4.69, 9.17) is 0 Å². The van der Waals surface area contributed by atoms with E-state index in [9.17, 15) is 10.5 Å². The smallest absolute Gasteiger partial charge is 0.0998 e. The molecule has 5 heteroatoms. The number of thiophene rings is 2. The molecule has 3 nitrogen and oxygen atoms in total. The molecule has 3 heterocycles. The Balaban J connectivity index is 1.30. The maximum absolute atomic E-state index is 11.7. The molecule has 7 aromatic carbocycles. The van der Waals surface area contributed by atoms with Crippen molar-refractivity contribution in [3.8, 4) is 29.0 Å². The molecule has 0 bridgehead atoms. The second-order valence-corrected chi connectivity index (χ2v) is 19.1. The fraction of sp³-hybridized carbons (Fsp3) is 0.185. The Morgan fingerprint density at radius 3 is 1.80 bits per heavy atom. The van der Waals surface area contributed by atoms with Crippen molar-refractivity contribution in [3.05, 3.63) is 160 Å². The number of benzene rings is 7. The van der Waals surface area contributed by atoms with Crippen molar-refractivity contribution in [3.63, 3.8) is 0 Å². The first kappa shape index (κ1) is 35.9. The van der Waals surface area contributed by atoms with Crippen LogP contribution in [0.3, 0.4) is 0 Å². The monoisotopic (exact) mass is 795 g/mol. The van der Waals surface area contributed by atoms with Gasteiger partial charge in [0.1, 0.15) is 0 Å². The minimum atomic E-state index is -0.124. The van der Waals surface area contributed by atoms with E-state index in [2.05, 4.69) is 173 Å². The van der Waals surface area contributed by atoms with Crippen LogP contribution in [-0.2, 0) is 6.42 Å². The van der Waals surface area contributed by atoms with E-state index in [0.29, 0.717) is 11.1 Å². The van der Waals surface area contributed by atoms with Gasteiger partial charge in [0.25, 0.3) is 0 Å². The zero-order chi connectivity index (χ0) is 40.3. The summed E-state index contributed by atoms with van der Waals surface area (Å²) in [5.41, 5.74) is 12.6. The first-order valence-corrected chi connectivity index (χ1v) is 22.3. The first-order valence-electron chi connectivity index (χ1n) is 20.7. The highest BCUT2D eigenvalue weighted by atomic mass is 32.1. The predicted octanol–water partition coefficient (Wildman–Crippen LogP) is 15.6. The molecule has 0 fully saturated rings. The van der Waals surface area contributed by atoms with Crippen LogP contribution in [-0.4, -0.2) is 4.57 Å². The quantitative estimate of drug-likeness (QED) is 0.178. The van der Waals surface area contributed by atoms with E-state index in [0.717, 1.165) is 39.8 Å². The average molecular weight is 796 g/mol. The number of hydrogen-bond donors (Lipinski definition) is 0. The van der Waals surface area contributed by atoms with Crippen LogP contribution >= 0.6 is 22.7 Å². The fourth-order valence-electron chi connectivity index (χ4n) is 10.7. The molecule has 1 aliphatic rings. The highest BCUT2D eigenvalue weighted by molar-refractivity contribution is 7.26. The summed E-state index contributed by atoms with van der Waals surface area (Å²) < 4.78 is 7.48. The number of nitriles is 2. The van der Waals surface area contributed by atoms with Gasteiger partial charge < -0.3 is 4.57 Å². The van der Waals surface area contributed by atoms with Crippen LogP contribution in [0.4, 0.5) is 0 Å². The van der Waals surface area contributed by atoms with Crippen LogP contribution in [0.25, 0.3) is 79.0 Å². The Labute approximate surface area is 352 Å². The minimum absolute atomic E-state index is 0.00791. The van der Waals surface area contributed by atoms with Crippen LogP contribution in [0, 0.1) is 22.7 Å². The molecule has 284 valence electrons. The van der Waals surface area contributed by atoms with E-state index in [1.807, 2.05) is 22.7 Å². The van der Waals surface area contributed by atoms with E-state index in [1.54, 1.807) is 0 Å². The van der Waals surface area contributed by atoms with Crippen molar-refractivity contribution in [1.82, 2.24) is 4.57 Å². The summed E-state index contributed by atoms with van der Waals surface area (Å²) in [6.45, 7) is 11.2. The third kappa shape index (κ3) is 5.02. The summed E-state index contributed by atoms with van der Waals surface area (Å²) in [6, 6.07) is 49.8. The van der Waals surface area contributed by atoms with Gasteiger partial charge >= 0.3 is 0 Å². The minimum Gasteiger partial charge on any atom is -0.308 e. The summed E-state index contributed by atoms with van der Waals surface area (Å²) in [6.07, 6.45) is 0.720. The molecule has 0 radical (unpaired) electrons. The van der Waals surface area contributed by atoms with Crippen molar-refractivity contribution in [1.29, 1.82) is 10.5 Å². The molecule has 0 N–H and O–H groups in total. The van der Waals surface area contributed by atoms with Crippen LogP contribution in [0.1, 0.15) is 97.2 Å². The number of aromatic nitrogens is 1. The molecule has 0 aliphatic heterocycles. The lowest BCUT2D eigenvalue weighted by atomic mass is 9.72. The Morgan fingerprint density at radius 1 is 0.576 bits per heavy atom. The highest BCUT2D eigenvalue weighted by Crippen LogP contribution is 2.53. The molecule has 0 saturated carbocycles. The van der Waals surface area contributed by atoms with E-state index in [1.165, 1.54) is 73.4 Å². The van der Waals surface area contributed by atoms with Crippen LogP contribution in [0.15, 0.2) is 121 Å². The molecule has 0 amide bonds. The average Bonchev–Trinajstić information content (AvgIpc) is 3.91. The number of para-hydroxylation sites is 1. The Morgan fingerprint density at radius 2 is 1.14 bits per heavy atom. The van der Waals surface area contributed by atoms with Crippen molar-refractivity contribution in [2.45, 2.75) is 64.7 Å². The number of hydrogen-bond acceptors (Lipinski definition) is 4. The van der Waals surface area contributed by atoms with Gasteiger partial charge in [-0.2, -0.15) is 10.5 Å². The molecular formula is C54H41N3S2. The lowest BCUT2D eigenvalue weighted by Crippen LogP contribution is -2.20. The molecule has 10 aromatic rings. The summed E-state index contributed by atoms with van der Waals surface area (Å²) in [7, 11) is 0. The van der Waals surface area contributed by atoms with Gasteiger partial charge in [0, 0.05) is 51.1 Å². The standard InChI is InChI=1S/C54H41N3S2/c1-29(2)48-41(27-55)50(39-26-40-34(33-15-7-6-14-32(33)31(39)5)22-24-46-51(40)37-17-9-12-20-44(37)58-46)42(28-56)49(30(3)4)54(48)57-43-19-11-8-16-35(43)36-23-25-47-52(53(36)57)38-18-10-13-21-45(38)59-47/h6-25,29-31,39H,26H2,1-5H3. The van der Waals surface area contributed by atoms with Crippen LogP contribution in [0.5, 0.6) is 0 Å². The summed E-state index contributed by atoms with van der Waals surface area (Å²) >= 11 is 3.67. The predicted molar refractivity (Wildman–Crippen MR) is 251 cm³/mol. The van der Waals surface area contributed by atoms with Crippen LogP contribution in [0.2, 0.25) is 0 Å². The molecule has 0 spiro atoms. The molecule has 1 aliphatic carbocycles. The zero-order valence-electron chi connectivity index (χ0n) is 33.7. The SMILES string of the molecule is CC(C)c1c(C#N)c(C2Cc3c(ccc4sc5ccccc5c34)-c3ccccc3C2C)c(C#N)c(C(C)C)c1-n1c2ccccc2c2ccc3sc4ccccc4c3c21. The second kappa shape index (κ2) is 13.4. The van der Waals surface area contributed by atoms with Gasteiger partial charge in [0.05, 0.1) is 40.0 Å². The lowest BCUT2D eigenvalue weighted by molar-refractivity contribution is 0.575. The van der Waals surface area contributed by atoms with Gasteiger partial charge in [-0.3, -0.25) is 0 Å². The van der Waals surface area contributed by atoms with Crippen LogP contribution < -0.4 is 0 Å². The third-order valence-electron chi connectivity index (χ3n) is 13.2.